The molecule has 1 aliphatic rings. The summed E-state index contributed by atoms with van der Waals surface area (Å²) in [5.41, 5.74) is 5.88. The molecule has 1 aliphatic heterocycles. The predicted octanol–water partition coefficient (Wildman–Crippen LogP) is 2.88. The standard InChI is InChI=1S/C15H26N4/c1-4-14-17-13(16)10-15(18-14)19-8-5-6-12(7-9-19)11(2)3/h10-12H,4-9H2,1-3H3,(H2,16,17,18). The first-order valence-electron chi connectivity index (χ1n) is 7.48. The number of rotatable bonds is 3. The molecule has 0 aromatic carbocycles. The maximum atomic E-state index is 5.88. The fraction of sp³-hybridized carbons (Fsp3) is 0.733. The van der Waals surface area contributed by atoms with E-state index in [1.165, 1.54) is 19.3 Å². The van der Waals surface area contributed by atoms with Gasteiger partial charge in [-0.3, -0.25) is 0 Å². The molecule has 106 valence electrons. The van der Waals surface area contributed by atoms with Crippen LogP contribution in [-0.4, -0.2) is 23.1 Å². The molecule has 0 spiro atoms. The van der Waals surface area contributed by atoms with Gasteiger partial charge < -0.3 is 10.6 Å². The predicted molar refractivity (Wildman–Crippen MR) is 80.2 cm³/mol. The average Bonchev–Trinajstić information content (AvgIpc) is 2.63. The van der Waals surface area contributed by atoms with Crippen molar-refractivity contribution in [2.45, 2.75) is 46.5 Å². The highest BCUT2D eigenvalue weighted by molar-refractivity contribution is 5.47. The van der Waals surface area contributed by atoms with E-state index in [-0.39, 0.29) is 0 Å². The first-order chi connectivity index (χ1) is 9.10. The Balaban J connectivity index is 2.11. The van der Waals surface area contributed by atoms with Crippen LogP contribution in [0.4, 0.5) is 11.6 Å². The van der Waals surface area contributed by atoms with Crippen LogP contribution in [0, 0.1) is 11.8 Å². The molecule has 0 saturated carbocycles. The summed E-state index contributed by atoms with van der Waals surface area (Å²) in [6.07, 6.45) is 4.66. The largest absolute Gasteiger partial charge is 0.384 e. The maximum absolute atomic E-state index is 5.88. The summed E-state index contributed by atoms with van der Waals surface area (Å²) in [4.78, 5) is 11.3. The van der Waals surface area contributed by atoms with Crippen LogP contribution in [0.2, 0.25) is 0 Å². The van der Waals surface area contributed by atoms with Crippen LogP contribution in [0.3, 0.4) is 0 Å². The lowest BCUT2D eigenvalue weighted by molar-refractivity contribution is 0.351. The van der Waals surface area contributed by atoms with E-state index in [4.69, 9.17) is 5.73 Å². The molecule has 0 aliphatic carbocycles. The van der Waals surface area contributed by atoms with Gasteiger partial charge in [-0.25, -0.2) is 9.97 Å². The molecular formula is C15H26N4. The van der Waals surface area contributed by atoms with Crippen molar-refractivity contribution < 1.29 is 0 Å². The topological polar surface area (TPSA) is 55.0 Å². The molecule has 1 atom stereocenters. The van der Waals surface area contributed by atoms with Crippen molar-refractivity contribution in [1.29, 1.82) is 0 Å². The van der Waals surface area contributed by atoms with Crippen LogP contribution in [0.1, 0.15) is 45.9 Å². The van der Waals surface area contributed by atoms with Gasteiger partial charge in [-0.05, 0) is 31.1 Å². The minimum absolute atomic E-state index is 0.589. The van der Waals surface area contributed by atoms with Crippen LogP contribution in [0.25, 0.3) is 0 Å². The van der Waals surface area contributed by atoms with Crippen molar-refractivity contribution in [3.05, 3.63) is 11.9 Å². The highest BCUT2D eigenvalue weighted by Gasteiger charge is 2.20. The highest BCUT2D eigenvalue weighted by atomic mass is 15.2. The van der Waals surface area contributed by atoms with Gasteiger partial charge in [-0.2, -0.15) is 0 Å². The normalized spacial score (nSPS) is 20.6. The monoisotopic (exact) mass is 262 g/mol. The lowest BCUT2D eigenvalue weighted by atomic mass is 9.89. The van der Waals surface area contributed by atoms with Crippen LogP contribution in [-0.2, 0) is 6.42 Å². The number of hydrogen-bond donors (Lipinski definition) is 1. The van der Waals surface area contributed by atoms with Crippen molar-refractivity contribution in [2.75, 3.05) is 23.7 Å². The van der Waals surface area contributed by atoms with Crippen molar-refractivity contribution in [3.63, 3.8) is 0 Å². The molecule has 1 fully saturated rings. The summed E-state index contributed by atoms with van der Waals surface area (Å²) in [7, 11) is 0. The zero-order chi connectivity index (χ0) is 13.8. The third kappa shape index (κ3) is 3.58. The Morgan fingerprint density at radius 3 is 2.79 bits per heavy atom. The van der Waals surface area contributed by atoms with Crippen molar-refractivity contribution in [3.8, 4) is 0 Å². The van der Waals surface area contributed by atoms with E-state index in [0.29, 0.717) is 5.82 Å². The van der Waals surface area contributed by atoms with E-state index in [1.54, 1.807) is 0 Å². The molecular weight excluding hydrogens is 236 g/mol. The summed E-state index contributed by atoms with van der Waals surface area (Å²) < 4.78 is 0. The lowest BCUT2D eigenvalue weighted by Crippen LogP contribution is -2.26. The third-order valence-corrected chi connectivity index (χ3v) is 4.13. The molecule has 1 aromatic rings. The van der Waals surface area contributed by atoms with Crippen molar-refractivity contribution >= 4 is 11.6 Å². The summed E-state index contributed by atoms with van der Waals surface area (Å²) in [6.45, 7) is 8.90. The molecule has 4 nitrogen and oxygen atoms in total. The van der Waals surface area contributed by atoms with E-state index in [2.05, 4.69) is 35.6 Å². The Hall–Kier alpha value is -1.32. The molecule has 1 unspecified atom stereocenters. The zero-order valence-electron chi connectivity index (χ0n) is 12.4. The Bertz CT molecular complexity index is 417. The Labute approximate surface area is 116 Å². The molecule has 1 saturated heterocycles. The number of anilines is 2. The second-order valence-corrected chi connectivity index (χ2v) is 5.84. The first-order valence-corrected chi connectivity index (χ1v) is 7.48. The van der Waals surface area contributed by atoms with Crippen LogP contribution >= 0.6 is 0 Å². The highest BCUT2D eigenvalue weighted by Crippen LogP contribution is 2.27. The second kappa shape index (κ2) is 6.22. The summed E-state index contributed by atoms with van der Waals surface area (Å²) in [5, 5.41) is 0. The molecule has 0 radical (unpaired) electrons. The fourth-order valence-electron chi connectivity index (χ4n) is 2.84. The number of aryl methyl sites for hydroxylation is 1. The summed E-state index contributed by atoms with van der Waals surface area (Å²) in [5.74, 6) is 4.07. The van der Waals surface area contributed by atoms with E-state index >= 15 is 0 Å². The van der Waals surface area contributed by atoms with Gasteiger partial charge in [0.05, 0.1) is 0 Å². The van der Waals surface area contributed by atoms with Gasteiger partial charge in [0.1, 0.15) is 17.5 Å². The number of nitrogens with zero attached hydrogens (tertiary/aromatic N) is 3. The third-order valence-electron chi connectivity index (χ3n) is 4.13. The zero-order valence-corrected chi connectivity index (χ0v) is 12.4. The molecule has 2 rings (SSSR count). The quantitative estimate of drug-likeness (QED) is 0.910. The molecule has 0 amide bonds. The minimum Gasteiger partial charge on any atom is -0.384 e. The number of nitrogen functional groups attached to an aromatic ring is 1. The van der Waals surface area contributed by atoms with Crippen molar-refractivity contribution in [1.82, 2.24) is 9.97 Å². The van der Waals surface area contributed by atoms with E-state index < -0.39 is 0 Å². The first kappa shape index (κ1) is 14.1. The molecule has 1 aromatic heterocycles. The summed E-state index contributed by atoms with van der Waals surface area (Å²) >= 11 is 0. The van der Waals surface area contributed by atoms with Crippen LogP contribution in [0.15, 0.2) is 6.07 Å². The van der Waals surface area contributed by atoms with Gasteiger partial charge in [0.2, 0.25) is 0 Å². The van der Waals surface area contributed by atoms with E-state index in [1.807, 2.05) is 6.07 Å². The minimum atomic E-state index is 0.589. The smallest absolute Gasteiger partial charge is 0.134 e. The number of aromatic nitrogens is 2. The fourth-order valence-corrected chi connectivity index (χ4v) is 2.84. The molecule has 19 heavy (non-hydrogen) atoms. The van der Waals surface area contributed by atoms with E-state index in [9.17, 15) is 0 Å². The molecule has 2 heterocycles. The van der Waals surface area contributed by atoms with Gasteiger partial charge in [0.15, 0.2) is 0 Å². The Morgan fingerprint density at radius 2 is 2.11 bits per heavy atom. The van der Waals surface area contributed by atoms with Gasteiger partial charge in [-0.15, -0.1) is 0 Å². The molecule has 2 N–H and O–H groups in total. The number of hydrogen-bond acceptors (Lipinski definition) is 4. The second-order valence-electron chi connectivity index (χ2n) is 5.84. The molecule has 4 heteroatoms. The van der Waals surface area contributed by atoms with E-state index in [0.717, 1.165) is 43.0 Å². The maximum Gasteiger partial charge on any atom is 0.134 e. The van der Waals surface area contributed by atoms with Gasteiger partial charge in [0, 0.05) is 25.6 Å². The van der Waals surface area contributed by atoms with Gasteiger partial charge in [0.25, 0.3) is 0 Å². The van der Waals surface area contributed by atoms with Crippen LogP contribution in [0.5, 0.6) is 0 Å². The molecule has 0 bridgehead atoms. The Morgan fingerprint density at radius 1 is 1.32 bits per heavy atom. The van der Waals surface area contributed by atoms with Crippen molar-refractivity contribution in [2.24, 2.45) is 11.8 Å². The van der Waals surface area contributed by atoms with Gasteiger partial charge >= 0.3 is 0 Å². The SMILES string of the molecule is CCc1nc(N)cc(N2CCCC(C(C)C)CC2)n1. The van der Waals surface area contributed by atoms with Gasteiger partial charge in [-0.1, -0.05) is 20.8 Å². The lowest BCUT2D eigenvalue weighted by Gasteiger charge is -2.23. The average molecular weight is 262 g/mol. The number of nitrogens with two attached hydrogens (primary N) is 1. The summed E-state index contributed by atoms with van der Waals surface area (Å²) in [6, 6.07) is 1.91. The van der Waals surface area contributed by atoms with Crippen LogP contribution < -0.4 is 10.6 Å². The Kier molecular flexibility index (Phi) is 4.61.